The number of carbonyl (C=O) groups excluding carboxylic acids is 2. The van der Waals surface area contributed by atoms with Gasteiger partial charge in [0.05, 0.1) is 19.4 Å². The molecular formula is C14H11ClF8N2O4. The fourth-order valence-corrected chi connectivity index (χ4v) is 2.20. The second kappa shape index (κ2) is 8.55. The summed E-state index contributed by atoms with van der Waals surface area (Å²) in [6.45, 7) is -1.47. The maximum absolute atomic E-state index is 13.7. The molecule has 1 N–H and O–H groups in total. The lowest BCUT2D eigenvalue weighted by molar-refractivity contribution is -0.142. The molecule has 29 heavy (non-hydrogen) atoms. The second-order valence-electron chi connectivity index (χ2n) is 5.11. The first kappa shape index (κ1) is 24.7. The molecule has 0 spiro atoms. The van der Waals surface area contributed by atoms with Gasteiger partial charge in [0.2, 0.25) is 0 Å². The molecule has 0 aliphatic rings. The van der Waals surface area contributed by atoms with Crippen LogP contribution in [-0.2, 0) is 21.0 Å². The number of hydrogen-bond donors (Lipinski definition) is 1. The number of methoxy groups -OCH3 is 1. The van der Waals surface area contributed by atoms with Crippen LogP contribution in [0.4, 0.5) is 40.8 Å². The van der Waals surface area contributed by atoms with Crippen LogP contribution in [-0.4, -0.2) is 43.4 Å². The minimum atomic E-state index is -5.61. The van der Waals surface area contributed by atoms with E-state index in [-0.39, 0.29) is 0 Å². The third kappa shape index (κ3) is 6.05. The van der Waals surface area contributed by atoms with Crippen molar-refractivity contribution in [3.63, 3.8) is 0 Å². The molecule has 0 radical (unpaired) electrons. The Kier molecular flexibility index (Phi) is 7.27. The summed E-state index contributed by atoms with van der Waals surface area (Å²) in [6, 6.07) is 0. The molecule has 0 bridgehead atoms. The molecule has 0 aliphatic heterocycles. The van der Waals surface area contributed by atoms with Crippen molar-refractivity contribution in [3.8, 4) is 0 Å². The van der Waals surface area contributed by atoms with Crippen LogP contribution < -0.4 is 5.32 Å². The first-order valence-electron chi connectivity index (χ1n) is 7.33. The van der Waals surface area contributed by atoms with Crippen molar-refractivity contribution < 1.29 is 54.2 Å². The Morgan fingerprint density at radius 1 is 1.00 bits per heavy atom. The zero-order chi connectivity index (χ0) is 22.8. The van der Waals surface area contributed by atoms with E-state index in [9.17, 15) is 44.7 Å². The van der Waals surface area contributed by atoms with Gasteiger partial charge in [0.1, 0.15) is 23.4 Å². The van der Waals surface area contributed by atoms with Gasteiger partial charge in [0.25, 0.3) is 0 Å². The fourth-order valence-electron chi connectivity index (χ4n) is 2.06. The average Bonchev–Trinajstić information content (AvgIpc) is 2.55. The Labute approximate surface area is 162 Å². The van der Waals surface area contributed by atoms with Crippen LogP contribution >= 0.6 is 11.6 Å². The molecule has 6 nitrogen and oxygen atoms in total. The highest BCUT2D eigenvalue weighted by molar-refractivity contribution is 6.22. The summed E-state index contributed by atoms with van der Waals surface area (Å²) in [6.07, 6.45) is -10.7. The summed E-state index contributed by atoms with van der Waals surface area (Å²) in [4.78, 5) is 26.5. The number of nitrogens with one attached hydrogen (secondary N) is 1. The van der Waals surface area contributed by atoms with E-state index in [1.165, 1.54) is 5.32 Å². The molecule has 0 saturated heterocycles. The van der Waals surface area contributed by atoms with Crippen LogP contribution in [0.3, 0.4) is 0 Å². The first-order valence-corrected chi connectivity index (χ1v) is 7.70. The summed E-state index contributed by atoms with van der Waals surface area (Å²) in [5.41, 5.74) is -9.26. The van der Waals surface area contributed by atoms with Gasteiger partial charge >= 0.3 is 29.7 Å². The van der Waals surface area contributed by atoms with E-state index in [2.05, 4.69) is 14.5 Å². The van der Waals surface area contributed by atoms with Crippen LogP contribution in [0.2, 0.25) is 0 Å². The highest BCUT2D eigenvalue weighted by Gasteiger charge is 2.47. The van der Waals surface area contributed by atoms with E-state index >= 15 is 0 Å². The molecule has 0 fully saturated rings. The molecule has 0 unspecified atom stereocenters. The number of carbonyl (C=O) groups is 2. The van der Waals surface area contributed by atoms with E-state index in [0.717, 1.165) is 6.92 Å². The lowest BCUT2D eigenvalue weighted by Crippen LogP contribution is -2.30. The van der Waals surface area contributed by atoms with Gasteiger partial charge in [0.15, 0.2) is 5.69 Å². The Morgan fingerprint density at radius 3 is 1.90 bits per heavy atom. The average molecular weight is 459 g/mol. The number of ether oxygens (including phenoxy) is 2. The van der Waals surface area contributed by atoms with Gasteiger partial charge in [-0.3, -0.25) is 0 Å². The van der Waals surface area contributed by atoms with Gasteiger partial charge in [0, 0.05) is 0 Å². The minimum Gasteiger partial charge on any atom is -0.465 e. The number of pyridine rings is 1. The SMILES string of the molecule is CCOC(=O)c1c(C(F)(F)F)nc(C(F)(F)Cl)c(C(=O)OC)c1NCC(F)(F)F. The van der Waals surface area contributed by atoms with Gasteiger partial charge < -0.3 is 14.8 Å². The lowest BCUT2D eigenvalue weighted by atomic mass is 10.0. The molecule has 0 saturated carbocycles. The molecule has 164 valence electrons. The molecular weight excluding hydrogens is 448 g/mol. The van der Waals surface area contributed by atoms with Crippen molar-refractivity contribution in [1.29, 1.82) is 0 Å². The highest BCUT2D eigenvalue weighted by Crippen LogP contribution is 2.43. The molecule has 1 aromatic rings. The van der Waals surface area contributed by atoms with E-state index in [1.807, 2.05) is 0 Å². The number of halogens is 9. The molecule has 0 aromatic carbocycles. The Balaban J connectivity index is 4.09. The lowest BCUT2D eigenvalue weighted by Gasteiger charge is -2.23. The summed E-state index contributed by atoms with van der Waals surface area (Å²) in [5.74, 6) is -3.69. The van der Waals surface area contributed by atoms with Gasteiger partial charge in [-0.05, 0) is 18.5 Å². The third-order valence-electron chi connectivity index (χ3n) is 3.07. The molecule has 15 heteroatoms. The van der Waals surface area contributed by atoms with Crippen LogP contribution in [0.15, 0.2) is 0 Å². The Bertz CT molecular complexity index is 790. The number of alkyl halides is 9. The van der Waals surface area contributed by atoms with E-state index in [0.29, 0.717) is 7.11 Å². The van der Waals surface area contributed by atoms with E-state index in [4.69, 9.17) is 11.6 Å². The number of rotatable bonds is 6. The maximum Gasteiger partial charge on any atom is 0.434 e. The van der Waals surface area contributed by atoms with Gasteiger partial charge in [-0.15, -0.1) is 0 Å². The first-order chi connectivity index (χ1) is 13.0. The summed E-state index contributed by atoms with van der Waals surface area (Å²) in [5, 5.41) is -3.40. The number of hydrogen-bond acceptors (Lipinski definition) is 6. The zero-order valence-electron chi connectivity index (χ0n) is 14.4. The summed E-state index contributed by atoms with van der Waals surface area (Å²) < 4.78 is 114. The summed E-state index contributed by atoms with van der Waals surface area (Å²) >= 11 is 4.70. The molecule has 1 aromatic heterocycles. The normalized spacial score (nSPS) is 12.5. The topological polar surface area (TPSA) is 77.5 Å². The Morgan fingerprint density at radius 2 is 1.52 bits per heavy atom. The standard InChI is InChI=1S/C14H11ClF8N2O4/c1-3-29-11(27)6-7(24-4-12(16,17)18)5(10(26)28-2)8(13(15,19)20)25-9(6)14(21,22)23/h3-4H2,1-2H3,(H,24,25). The van der Waals surface area contributed by atoms with Crippen molar-refractivity contribution in [2.45, 2.75) is 24.7 Å². The molecule has 1 heterocycles. The number of nitrogens with zero attached hydrogens (tertiary/aromatic N) is 1. The monoisotopic (exact) mass is 458 g/mol. The predicted octanol–water partition coefficient (Wildman–Crippen LogP) is 4.33. The molecule has 1 rings (SSSR count). The van der Waals surface area contributed by atoms with Crippen LogP contribution in [0, 0.1) is 0 Å². The third-order valence-corrected chi connectivity index (χ3v) is 3.25. The van der Waals surface area contributed by atoms with Crippen molar-refractivity contribution >= 4 is 29.2 Å². The van der Waals surface area contributed by atoms with E-state index < -0.39 is 71.0 Å². The number of aromatic nitrogens is 1. The number of esters is 2. The Hall–Kier alpha value is -2.38. The van der Waals surface area contributed by atoms with Crippen LogP contribution in [0.25, 0.3) is 0 Å². The van der Waals surface area contributed by atoms with Crippen molar-refractivity contribution in [3.05, 3.63) is 22.5 Å². The highest BCUT2D eigenvalue weighted by atomic mass is 35.5. The predicted molar refractivity (Wildman–Crippen MR) is 80.8 cm³/mol. The smallest absolute Gasteiger partial charge is 0.434 e. The molecule has 0 amide bonds. The van der Waals surface area contributed by atoms with Crippen molar-refractivity contribution in [2.75, 3.05) is 25.6 Å². The van der Waals surface area contributed by atoms with Gasteiger partial charge in [-0.1, -0.05) is 0 Å². The minimum absolute atomic E-state index is 0.532. The second-order valence-corrected chi connectivity index (χ2v) is 5.59. The molecule has 0 atom stereocenters. The maximum atomic E-state index is 13.7. The summed E-state index contributed by atoms with van der Waals surface area (Å²) in [7, 11) is 0.605. The zero-order valence-corrected chi connectivity index (χ0v) is 15.2. The quantitative estimate of drug-likeness (QED) is 0.388. The number of anilines is 1. The van der Waals surface area contributed by atoms with Crippen molar-refractivity contribution in [1.82, 2.24) is 4.98 Å². The fraction of sp³-hybridized carbons (Fsp3) is 0.500. The van der Waals surface area contributed by atoms with Gasteiger partial charge in [-0.25, -0.2) is 14.6 Å². The van der Waals surface area contributed by atoms with Crippen molar-refractivity contribution in [2.24, 2.45) is 0 Å². The van der Waals surface area contributed by atoms with E-state index in [1.54, 1.807) is 0 Å². The van der Waals surface area contributed by atoms with Crippen LogP contribution in [0.1, 0.15) is 39.0 Å². The molecule has 0 aliphatic carbocycles. The largest absolute Gasteiger partial charge is 0.465 e. The van der Waals surface area contributed by atoms with Gasteiger partial charge in [-0.2, -0.15) is 35.1 Å². The van der Waals surface area contributed by atoms with Crippen LogP contribution in [0.5, 0.6) is 0 Å².